The van der Waals surface area contributed by atoms with Crippen molar-refractivity contribution < 1.29 is 5.11 Å². The SMILES string of the molecule is CCn1c(Cl)c(CO)c2cc(C)cc(C)c21. The van der Waals surface area contributed by atoms with Gasteiger partial charge in [0.05, 0.1) is 12.1 Å². The highest BCUT2D eigenvalue weighted by Gasteiger charge is 2.15. The molecule has 0 saturated carbocycles. The number of hydrogen-bond acceptors (Lipinski definition) is 1. The smallest absolute Gasteiger partial charge is 0.115 e. The van der Waals surface area contributed by atoms with Crippen LogP contribution in [0.1, 0.15) is 23.6 Å². The van der Waals surface area contributed by atoms with Crippen molar-refractivity contribution in [2.45, 2.75) is 33.9 Å². The molecule has 0 fully saturated rings. The van der Waals surface area contributed by atoms with Gasteiger partial charge in [0.1, 0.15) is 5.15 Å². The topological polar surface area (TPSA) is 25.2 Å². The summed E-state index contributed by atoms with van der Waals surface area (Å²) in [5, 5.41) is 11.1. The molecule has 0 saturated heterocycles. The van der Waals surface area contributed by atoms with Crippen LogP contribution in [0.4, 0.5) is 0 Å². The molecule has 0 amide bonds. The first-order valence-electron chi connectivity index (χ1n) is 5.48. The molecule has 1 N–H and O–H groups in total. The van der Waals surface area contributed by atoms with Gasteiger partial charge >= 0.3 is 0 Å². The standard InChI is InChI=1S/C13H16ClNO/c1-4-15-12-9(3)5-8(2)6-10(12)11(7-16)13(15)14/h5-6,16H,4,7H2,1-3H3. The Bertz CT molecular complexity index is 543. The van der Waals surface area contributed by atoms with Gasteiger partial charge in [-0.3, -0.25) is 0 Å². The fourth-order valence-electron chi connectivity index (χ4n) is 2.37. The van der Waals surface area contributed by atoms with Crippen molar-refractivity contribution in [3.8, 4) is 0 Å². The van der Waals surface area contributed by atoms with Crippen molar-refractivity contribution in [2.24, 2.45) is 0 Å². The van der Waals surface area contributed by atoms with Crippen LogP contribution in [0.3, 0.4) is 0 Å². The lowest BCUT2D eigenvalue weighted by Crippen LogP contribution is -1.95. The Hall–Kier alpha value is -0.990. The van der Waals surface area contributed by atoms with E-state index >= 15 is 0 Å². The normalized spacial score (nSPS) is 11.3. The van der Waals surface area contributed by atoms with Crippen LogP contribution in [-0.4, -0.2) is 9.67 Å². The van der Waals surface area contributed by atoms with Crippen molar-refractivity contribution in [3.05, 3.63) is 34.0 Å². The van der Waals surface area contributed by atoms with E-state index < -0.39 is 0 Å². The number of nitrogens with zero attached hydrogens (tertiary/aromatic N) is 1. The summed E-state index contributed by atoms with van der Waals surface area (Å²) in [5.41, 5.74) is 4.38. The second kappa shape index (κ2) is 4.11. The summed E-state index contributed by atoms with van der Waals surface area (Å²) in [6.07, 6.45) is 0. The molecule has 0 aliphatic rings. The maximum atomic E-state index is 9.41. The summed E-state index contributed by atoms with van der Waals surface area (Å²) in [6, 6.07) is 4.23. The van der Waals surface area contributed by atoms with Gasteiger partial charge in [0.25, 0.3) is 0 Å². The fourth-order valence-corrected chi connectivity index (χ4v) is 2.73. The highest BCUT2D eigenvalue weighted by Crippen LogP contribution is 2.32. The summed E-state index contributed by atoms with van der Waals surface area (Å²) in [4.78, 5) is 0. The Morgan fingerprint density at radius 1 is 1.31 bits per heavy atom. The minimum atomic E-state index is -0.00870. The van der Waals surface area contributed by atoms with Gasteiger partial charge in [0.15, 0.2) is 0 Å². The molecule has 16 heavy (non-hydrogen) atoms. The Balaban J connectivity index is 2.94. The monoisotopic (exact) mass is 237 g/mol. The fraction of sp³-hybridized carbons (Fsp3) is 0.385. The van der Waals surface area contributed by atoms with Crippen LogP contribution in [0.5, 0.6) is 0 Å². The van der Waals surface area contributed by atoms with Gasteiger partial charge in [0, 0.05) is 17.5 Å². The van der Waals surface area contributed by atoms with Crippen molar-refractivity contribution in [2.75, 3.05) is 0 Å². The Labute approximate surface area is 100 Å². The number of aryl methyl sites for hydroxylation is 3. The van der Waals surface area contributed by atoms with Crippen molar-refractivity contribution in [1.82, 2.24) is 4.57 Å². The summed E-state index contributed by atoms with van der Waals surface area (Å²) >= 11 is 6.28. The molecule has 0 bridgehead atoms. The molecule has 0 aliphatic carbocycles. The zero-order chi connectivity index (χ0) is 11.9. The van der Waals surface area contributed by atoms with E-state index in [1.165, 1.54) is 11.1 Å². The predicted octanol–water partition coefficient (Wildman–Crippen LogP) is 3.42. The molecule has 2 nitrogen and oxygen atoms in total. The molecule has 0 unspecified atom stereocenters. The lowest BCUT2D eigenvalue weighted by molar-refractivity contribution is 0.283. The van der Waals surface area contributed by atoms with Gasteiger partial charge in [-0.2, -0.15) is 0 Å². The lowest BCUT2D eigenvalue weighted by atomic mass is 10.1. The summed E-state index contributed by atoms with van der Waals surface area (Å²) in [6.45, 7) is 7.01. The number of rotatable bonds is 2. The quantitative estimate of drug-likeness (QED) is 0.851. The van der Waals surface area contributed by atoms with E-state index in [2.05, 4.69) is 37.5 Å². The molecule has 0 spiro atoms. The van der Waals surface area contributed by atoms with E-state index in [1.807, 2.05) is 0 Å². The molecule has 0 atom stereocenters. The third-order valence-electron chi connectivity index (χ3n) is 3.00. The zero-order valence-electron chi connectivity index (χ0n) is 9.84. The number of fused-ring (bicyclic) bond motifs is 1. The molecule has 1 aromatic heterocycles. The van der Waals surface area contributed by atoms with Crippen LogP contribution in [0, 0.1) is 13.8 Å². The van der Waals surface area contributed by atoms with Crippen LogP contribution in [0.15, 0.2) is 12.1 Å². The Morgan fingerprint density at radius 2 is 2.00 bits per heavy atom. The van der Waals surface area contributed by atoms with Crippen molar-refractivity contribution in [3.63, 3.8) is 0 Å². The highest BCUT2D eigenvalue weighted by molar-refractivity contribution is 6.32. The van der Waals surface area contributed by atoms with Crippen LogP contribution < -0.4 is 0 Å². The van der Waals surface area contributed by atoms with Crippen LogP contribution in [0.25, 0.3) is 10.9 Å². The van der Waals surface area contributed by atoms with E-state index in [9.17, 15) is 5.11 Å². The third kappa shape index (κ3) is 1.53. The number of aliphatic hydroxyl groups is 1. The number of aliphatic hydroxyl groups excluding tert-OH is 1. The molecule has 2 rings (SSSR count). The van der Waals surface area contributed by atoms with Gasteiger partial charge < -0.3 is 9.67 Å². The second-order valence-electron chi connectivity index (χ2n) is 4.15. The second-order valence-corrected chi connectivity index (χ2v) is 4.51. The molecule has 3 heteroatoms. The average Bonchev–Trinajstić information content (AvgIpc) is 2.49. The van der Waals surface area contributed by atoms with Gasteiger partial charge in [-0.05, 0) is 32.4 Å². The summed E-state index contributed by atoms with van der Waals surface area (Å²) in [7, 11) is 0. The van der Waals surface area contributed by atoms with Crippen molar-refractivity contribution >= 4 is 22.5 Å². The molecular formula is C13H16ClNO. The molecule has 2 aromatic rings. The molecule has 1 heterocycles. The minimum absolute atomic E-state index is 0.00870. The van der Waals surface area contributed by atoms with Crippen LogP contribution in [-0.2, 0) is 13.2 Å². The van der Waals surface area contributed by atoms with E-state index in [1.54, 1.807) is 0 Å². The number of aromatic nitrogens is 1. The number of hydrogen-bond donors (Lipinski definition) is 1. The maximum absolute atomic E-state index is 9.41. The maximum Gasteiger partial charge on any atom is 0.115 e. The molecule has 86 valence electrons. The number of benzene rings is 1. The molecule has 1 aromatic carbocycles. The van der Waals surface area contributed by atoms with Crippen molar-refractivity contribution in [1.29, 1.82) is 0 Å². The minimum Gasteiger partial charge on any atom is -0.392 e. The van der Waals surface area contributed by atoms with E-state index in [0.29, 0.717) is 5.15 Å². The lowest BCUT2D eigenvalue weighted by Gasteiger charge is -2.06. The first-order valence-corrected chi connectivity index (χ1v) is 5.86. The van der Waals surface area contributed by atoms with Crippen LogP contribution in [0.2, 0.25) is 5.15 Å². The van der Waals surface area contributed by atoms with E-state index in [0.717, 1.165) is 23.0 Å². The number of halogens is 1. The Kier molecular flexibility index (Phi) is 2.96. The molecule has 0 aliphatic heterocycles. The average molecular weight is 238 g/mol. The first kappa shape index (κ1) is 11.5. The zero-order valence-corrected chi connectivity index (χ0v) is 10.6. The van der Waals surface area contributed by atoms with Gasteiger partial charge in [-0.15, -0.1) is 0 Å². The molecule has 0 radical (unpaired) electrons. The summed E-state index contributed by atoms with van der Waals surface area (Å²) in [5.74, 6) is 0. The van der Waals surface area contributed by atoms with Crippen LogP contribution >= 0.6 is 11.6 Å². The van der Waals surface area contributed by atoms with Gasteiger partial charge in [-0.25, -0.2) is 0 Å². The summed E-state index contributed by atoms with van der Waals surface area (Å²) < 4.78 is 2.05. The van der Waals surface area contributed by atoms with E-state index in [4.69, 9.17) is 11.6 Å². The van der Waals surface area contributed by atoms with E-state index in [-0.39, 0.29) is 6.61 Å². The largest absolute Gasteiger partial charge is 0.392 e. The predicted molar refractivity (Wildman–Crippen MR) is 68.0 cm³/mol. The van der Waals surface area contributed by atoms with Gasteiger partial charge in [-0.1, -0.05) is 23.2 Å². The highest BCUT2D eigenvalue weighted by atomic mass is 35.5. The molecular weight excluding hydrogens is 222 g/mol. The third-order valence-corrected chi connectivity index (χ3v) is 3.43. The first-order chi connectivity index (χ1) is 7.60. The Morgan fingerprint density at radius 3 is 2.56 bits per heavy atom. The van der Waals surface area contributed by atoms with Gasteiger partial charge in [0.2, 0.25) is 0 Å².